The number of fused-ring (bicyclic) bond motifs is 1. The van der Waals surface area contributed by atoms with Gasteiger partial charge in [0, 0.05) is 28.4 Å². The zero-order valence-electron chi connectivity index (χ0n) is 25.7. The van der Waals surface area contributed by atoms with Gasteiger partial charge >= 0.3 is 0 Å². The van der Waals surface area contributed by atoms with Crippen molar-refractivity contribution in [2.24, 2.45) is 11.3 Å². The summed E-state index contributed by atoms with van der Waals surface area (Å²) in [5, 5.41) is 0. The van der Waals surface area contributed by atoms with Crippen molar-refractivity contribution in [2.45, 2.75) is 75.7 Å². The molecule has 1 atom stereocenters. The van der Waals surface area contributed by atoms with Crippen molar-refractivity contribution >= 4 is 5.69 Å². The standard InChI is InChI=1S/C18H17N.C15H22.2C2H6/c1-3-15-16-12-8-9-13-18(16)19(17(15)4-2)14-10-6-5-7-11-14;1-7-10-13-11(4)15(5,6)14(9-3)12(13)8-2;2*1-2/h3-11,13,16H,1-2,12H2;7-10H,1-6H3;2*1-2H3/b;10-7-,12-8-,14-9+;;. The number of rotatable bonds is 4. The van der Waals surface area contributed by atoms with Crippen LogP contribution in [-0.2, 0) is 0 Å². The second-order valence-electron chi connectivity index (χ2n) is 9.30. The largest absolute Gasteiger partial charge is 0.313 e. The summed E-state index contributed by atoms with van der Waals surface area (Å²) in [6, 6.07) is 10.4. The molecule has 0 radical (unpaired) electrons. The van der Waals surface area contributed by atoms with Crippen LogP contribution in [0.5, 0.6) is 0 Å². The molecule has 3 aliphatic rings. The maximum atomic E-state index is 3.98. The molecule has 0 N–H and O–H groups in total. The van der Waals surface area contributed by atoms with Gasteiger partial charge < -0.3 is 4.90 Å². The van der Waals surface area contributed by atoms with Crippen LogP contribution in [0.3, 0.4) is 0 Å². The molecule has 0 aromatic heterocycles. The fourth-order valence-corrected chi connectivity index (χ4v) is 5.33. The van der Waals surface area contributed by atoms with E-state index in [1.807, 2.05) is 45.9 Å². The number of para-hydroxylation sites is 1. The summed E-state index contributed by atoms with van der Waals surface area (Å²) in [6.45, 7) is 29.1. The molecule has 1 aromatic carbocycles. The van der Waals surface area contributed by atoms with E-state index in [0.29, 0.717) is 5.92 Å². The average molecular weight is 510 g/mol. The van der Waals surface area contributed by atoms with Crippen LogP contribution in [0.2, 0.25) is 0 Å². The van der Waals surface area contributed by atoms with Gasteiger partial charge in [-0.1, -0.05) is 121 Å². The summed E-state index contributed by atoms with van der Waals surface area (Å²) in [6.07, 6.45) is 20.3. The van der Waals surface area contributed by atoms with Crippen molar-refractivity contribution < 1.29 is 0 Å². The molecule has 1 heteroatoms. The monoisotopic (exact) mass is 509 g/mol. The van der Waals surface area contributed by atoms with Gasteiger partial charge in [0.1, 0.15) is 0 Å². The summed E-state index contributed by atoms with van der Waals surface area (Å²) in [5.74, 6) is 0.413. The Morgan fingerprint density at radius 1 is 0.921 bits per heavy atom. The highest BCUT2D eigenvalue weighted by atomic mass is 15.2. The highest BCUT2D eigenvalue weighted by molar-refractivity contribution is 5.69. The lowest BCUT2D eigenvalue weighted by Gasteiger charge is -2.25. The third-order valence-corrected chi connectivity index (χ3v) is 7.24. The van der Waals surface area contributed by atoms with Crippen LogP contribution >= 0.6 is 0 Å². The molecule has 1 heterocycles. The van der Waals surface area contributed by atoms with Gasteiger partial charge in [0.15, 0.2) is 0 Å². The van der Waals surface area contributed by atoms with E-state index in [-0.39, 0.29) is 5.41 Å². The van der Waals surface area contributed by atoms with Crippen molar-refractivity contribution in [1.82, 2.24) is 0 Å². The molecule has 1 unspecified atom stereocenters. The zero-order valence-corrected chi connectivity index (χ0v) is 25.7. The van der Waals surface area contributed by atoms with Crippen molar-refractivity contribution in [2.75, 3.05) is 4.90 Å². The highest BCUT2D eigenvalue weighted by Gasteiger charge is 2.36. The lowest BCUT2D eigenvalue weighted by Crippen LogP contribution is -2.19. The number of allylic oxidation sites excluding steroid dienone is 14. The summed E-state index contributed by atoms with van der Waals surface area (Å²) in [7, 11) is 0. The molecule has 0 amide bonds. The predicted molar refractivity (Wildman–Crippen MR) is 173 cm³/mol. The minimum absolute atomic E-state index is 0.186. The van der Waals surface area contributed by atoms with Gasteiger partial charge in [0.2, 0.25) is 0 Å². The number of nitrogens with zero attached hydrogens (tertiary/aromatic N) is 1. The van der Waals surface area contributed by atoms with Gasteiger partial charge in [-0.25, -0.2) is 0 Å². The minimum atomic E-state index is 0.186. The number of benzene rings is 1. The van der Waals surface area contributed by atoms with E-state index in [1.165, 1.54) is 39.2 Å². The summed E-state index contributed by atoms with van der Waals surface area (Å²) in [4.78, 5) is 2.29. The lowest BCUT2D eigenvalue weighted by atomic mass is 9.81. The van der Waals surface area contributed by atoms with E-state index in [0.717, 1.165) is 12.1 Å². The fraction of sp³-hybridized carbons (Fsp3) is 0.351. The second-order valence-corrected chi connectivity index (χ2v) is 9.30. The molecule has 1 aliphatic heterocycles. The topological polar surface area (TPSA) is 3.24 Å². The van der Waals surface area contributed by atoms with Gasteiger partial charge in [-0.05, 0) is 80.7 Å². The number of hydrogen-bond acceptors (Lipinski definition) is 1. The van der Waals surface area contributed by atoms with Gasteiger partial charge in [-0.3, -0.25) is 0 Å². The summed E-state index contributed by atoms with van der Waals surface area (Å²) >= 11 is 0. The van der Waals surface area contributed by atoms with Crippen LogP contribution in [-0.4, -0.2) is 0 Å². The Morgan fingerprint density at radius 2 is 1.55 bits per heavy atom. The van der Waals surface area contributed by atoms with Crippen LogP contribution in [0.15, 0.2) is 137 Å². The van der Waals surface area contributed by atoms with E-state index < -0.39 is 0 Å². The summed E-state index contributed by atoms with van der Waals surface area (Å²) < 4.78 is 0. The van der Waals surface area contributed by atoms with E-state index in [1.54, 1.807) is 0 Å². The van der Waals surface area contributed by atoms with Crippen molar-refractivity contribution in [3.05, 3.63) is 137 Å². The fourth-order valence-electron chi connectivity index (χ4n) is 5.33. The Bertz CT molecular complexity index is 1160. The third kappa shape index (κ3) is 6.57. The smallest absolute Gasteiger partial charge is 0.0491 e. The minimum Gasteiger partial charge on any atom is -0.313 e. The van der Waals surface area contributed by atoms with Crippen LogP contribution < -0.4 is 4.90 Å². The van der Waals surface area contributed by atoms with Gasteiger partial charge in [-0.15, -0.1) is 0 Å². The molecule has 1 aromatic rings. The lowest BCUT2D eigenvalue weighted by molar-refractivity contribution is 0.563. The van der Waals surface area contributed by atoms with Crippen molar-refractivity contribution in [1.29, 1.82) is 0 Å². The first-order valence-corrected chi connectivity index (χ1v) is 14.3. The number of anilines is 1. The Kier molecular flexibility index (Phi) is 13.6. The van der Waals surface area contributed by atoms with E-state index in [9.17, 15) is 0 Å². The molecule has 0 saturated heterocycles. The zero-order chi connectivity index (χ0) is 28.9. The molecule has 204 valence electrons. The van der Waals surface area contributed by atoms with Gasteiger partial charge in [0.25, 0.3) is 0 Å². The second kappa shape index (κ2) is 15.8. The Balaban J connectivity index is 0.000000344. The first kappa shape index (κ1) is 32.7. The third-order valence-electron chi connectivity index (χ3n) is 7.24. The quantitative estimate of drug-likeness (QED) is 0.390. The first-order valence-electron chi connectivity index (χ1n) is 14.3. The van der Waals surface area contributed by atoms with E-state index in [2.05, 4.69) is 126 Å². The molecule has 0 fully saturated rings. The van der Waals surface area contributed by atoms with E-state index in [4.69, 9.17) is 0 Å². The van der Waals surface area contributed by atoms with Crippen molar-refractivity contribution in [3.8, 4) is 0 Å². The average Bonchev–Trinajstić information content (AvgIpc) is 3.39. The highest BCUT2D eigenvalue weighted by Crippen LogP contribution is 2.50. The molecule has 1 nitrogen and oxygen atoms in total. The normalized spacial score (nSPS) is 21.3. The Hall–Kier alpha value is -3.32. The SMILES string of the molecule is C/C=C\C1=C(C)C(C)(C)C(=C/C)/C1=C\C.C=CC1=C(C=C)N(c2ccccc2)C2=CC=CCC21.CC.CC. The molecule has 0 spiro atoms. The molecular formula is C37H51N. The molecule has 0 bridgehead atoms. The molecule has 0 saturated carbocycles. The molecule has 2 aliphatic carbocycles. The number of hydrogen-bond donors (Lipinski definition) is 0. The van der Waals surface area contributed by atoms with Crippen LogP contribution in [0, 0.1) is 11.3 Å². The maximum Gasteiger partial charge on any atom is 0.0491 e. The first-order chi connectivity index (χ1) is 18.4. The summed E-state index contributed by atoms with van der Waals surface area (Å²) in [5.41, 5.74) is 10.8. The molecule has 4 rings (SSSR count). The van der Waals surface area contributed by atoms with Gasteiger partial charge in [-0.2, -0.15) is 0 Å². The molecule has 38 heavy (non-hydrogen) atoms. The molecular weight excluding hydrogens is 458 g/mol. The Morgan fingerprint density at radius 3 is 2.05 bits per heavy atom. The van der Waals surface area contributed by atoms with E-state index >= 15 is 0 Å². The predicted octanol–water partition coefficient (Wildman–Crippen LogP) is 11.5. The van der Waals surface area contributed by atoms with Crippen LogP contribution in [0.1, 0.15) is 75.7 Å². The van der Waals surface area contributed by atoms with Crippen LogP contribution in [0.4, 0.5) is 5.69 Å². The Labute approximate surface area is 234 Å². The van der Waals surface area contributed by atoms with Gasteiger partial charge in [0.05, 0.1) is 0 Å². The van der Waals surface area contributed by atoms with Crippen LogP contribution in [0.25, 0.3) is 0 Å². The van der Waals surface area contributed by atoms with Crippen molar-refractivity contribution in [3.63, 3.8) is 0 Å². The maximum absolute atomic E-state index is 3.98.